The predicted octanol–water partition coefficient (Wildman–Crippen LogP) is 3.58. The number of hydrogen-bond donors (Lipinski definition) is 0. The van der Waals surface area contributed by atoms with Crippen LogP contribution < -0.4 is 10.6 Å². The molecule has 0 radical (unpaired) electrons. The summed E-state index contributed by atoms with van der Waals surface area (Å²) in [5.41, 5.74) is 1.86. The minimum atomic E-state index is -0.696. The van der Waals surface area contributed by atoms with E-state index in [1.165, 1.54) is 15.6 Å². The molecule has 1 saturated heterocycles. The molecule has 1 aromatic heterocycles. The maximum Gasteiger partial charge on any atom is 0.351 e. The third-order valence-electron chi connectivity index (χ3n) is 6.82. The number of carbonyl (C=O) groups excluding carboxylic acids is 2. The Morgan fingerprint density at radius 3 is 2.20 bits per heavy atom. The van der Waals surface area contributed by atoms with E-state index in [9.17, 15) is 14.4 Å². The molecule has 182 valence electrons. The van der Waals surface area contributed by atoms with E-state index in [2.05, 4.69) is 10.00 Å². The molecule has 2 aliphatic rings. The van der Waals surface area contributed by atoms with Crippen LogP contribution in [0.1, 0.15) is 42.6 Å². The van der Waals surface area contributed by atoms with Gasteiger partial charge in [0.2, 0.25) is 5.91 Å². The molecular formula is C26H28ClN5O3. The van der Waals surface area contributed by atoms with Crippen molar-refractivity contribution in [2.45, 2.75) is 32.2 Å². The highest BCUT2D eigenvalue weighted by atomic mass is 35.5. The van der Waals surface area contributed by atoms with Gasteiger partial charge in [-0.25, -0.2) is 14.0 Å². The van der Waals surface area contributed by atoms with E-state index in [0.29, 0.717) is 28.6 Å². The molecule has 8 nitrogen and oxygen atoms in total. The zero-order chi connectivity index (χ0) is 24.5. The van der Waals surface area contributed by atoms with Gasteiger partial charge in [-0.15, -0.1) is 0 Å². The molecule has 1 atom stereocenters. The van der Waals surface area contributed by atoms with Crippen LogP contribution in [0, 0.1) is 5.92 Å². The van der Waals surface area contributed by atoms with Crippen molar-refractivity contribution in [2.24, 2.45) is 5.92 Å². The van der Waals surface area contributed by atoms with Gasteiger partial charge in [0.1, 0.15) is 12.4 Å². The highest BCUT2D eigenvalue weighted by molar-refractivity contribution is 6.30. The number of hydrogen-bond acceptors (Lipinski definition) is 5. The summed E-state index contributed by atoms with van der Waals surface area (Å²) >= 11 is 5.94. The Balaban J connectivity index is 1.29. The summed E-state index contributed by atoms with van der Waals surface area (Å²) in [6.45, 7) is 4.92. The molecule has 0 spiro atoms. The van der Waals surface area contributed by atoms with Gasteiger partial charge >= 0.3 is 5.69 Å². The number of Topliss-reactive ketones (excluding diaryl/α,β-unsaturated/α-hetero) is 1. The molecule has 1 saturated carbocycles. The Bertz CT molecular complexity index is 1270. The third kappa shape index (κ3) is 4.75. The molecule has 0 N–H and O–H groups in total. The van der Waals surface area contributed by atoms with Crippen molar-refractivity contribution < 1.29 is 9.59 Å². The Labute approximate surface area is 208 Å². The maximum absolute atomic E-state index is 13.1. The van der Waals surface area contributed by atoms with Gasteiger partial charge in [-0.2, -0.15) is 5.10 Å². The van der Waals surface area contributed by atoms with E-state index >= 15 is 0 Å². The standard InChI is InChI=1S/C26H28ClN5O3/c1-2-23(24(33)18-5-7-20(27)8-6-18)32-26(35)31(17-28-32)22-11-9-21(10-12-22)29-13-15-30(16-14-29)25(34)19-3-4-19/h5-12,17,19,23H,2-4,13-16H2,1H3. The van der Waals surface area contributed by atoms with E-state index in [-0.39, 0.29) is 17.4 Å². The van der Waals surface area contributed by atoms with Gasteiger partial charge in [0.05, 0.1) is 5.69 Å². The molecule has 3 aromatic rings. The van der Waals surface area contributed by atoms with Crippen LogP contribution in [0.4, 0.5) is 5.69 Å². The fraction of sp³-hybridized carbons (Fsp3) is 0.385. The molecule has 0 bridgehead atoms. The zero-order valence-corrected chi connectivity index (χ0v) is 20.4. The van der Waals surface area contributed by atoms with Crippen molar-refractivity contribution >= 4 is 29.0 Å². The van der Waals surface area contributed by atoms with Crippen LogP contribution in [0.2, 0.25) is 5.02 Å². The smallest absolute Gasteiger partial charge is 0.351 e. The van der Waals surface area contributed by atoms with Crippen molar-refractivity contribution in [3.63, 3.8) is 0 Å². The fourth-order valence-electron chi connectivity index (χ4n) is 4.58. The number of aromatic nitrogens is 3. The lowest BCUT2D eigenvalue weighted by molar-refractivity contribution is -0.132. The second-order valence-electron chi connectivity index (χ2n) is 9.13. The minimum Gasteiger partial charge on any atom is -0.368 e. The Morgan fingerprint density at radius 2 is 1.60 bits per heavy atom. The molecule has 9 heteroatoms. The molecule has 1 aliphatic heterocycles. The number of nitrogens with zero attached hydrogens (tertiary/aromatic N) is 5. The van der Waals surface area contributed by atoms with Gasteiger partial charge in [-0.05, 0) is 67.8 Å². The first-order valence-electron chi connectivity index (χ1n) is 12.1. The van der Waals surface area contributed by atoms with Crippen LogP contribution in [-0.4, -0.2) is 57.1 Å². The van der Waals surface area contributed by atoms with Crippen LogP contribution in [0.3, 0.4) is 0 Å². The highest BCUT2D eigenvalue weighted by Gasteiger charge is 2.34. The molecule has 1 amide bonds. The number of piperazine rings is 1. The van der Waals surface area contributed by atoms with Gasteiger partial charge in [0, 0.05) is 48.4 Å². The molecule has 1 unspecified atom stereocenters. The number of rotatable bonds is 7. The summed E-state index contributed by atoms with van der Waals surface area (Å²) in [6.07, 6.45) is 3.96. The third-order valence-corrected chi connectivity index (χ3v) is 7.07. The van der Waals surface area contributed by atoms with Crippen molar-refractivity contribution in [1.82, 2.24) is 19.2 Å². The summed E-state index contributed by atoms with van der Waals surface area (Å²) in [5.74, 6) is 0.385. The summed E-state index contributed by atoms with van der Waals surface area (Å²) < 4.78 is 2.70. The molecule has 2 fully saturated rings. The Morgan fingerprint density at radius 1 is 0.971 bits per heavy atom. The van der Waals surface area contributed by atoms with E-state index in [0.717, 1.165) is 44.7 Å². The van der Waals surface area contributed by atoms with Gasteiger partial charge < -0.3 is 9.80 Å². The number of carbonyl (C=O) groups is 2. The van der Waals surface area contributed by atoms with E-state index in [4.69, 9.17) is 11.6 Å². The maximum atomic E-state index is 13.1. The number of halogens is 1. The quantitative estimate of drug-likeness (QED) is 0.470. The molecule has 1 aliphatic carbocycles. The first-order chi connectivity index (χ1) is 17.0. The number of anilines is 1. The van der Waals surface area contributed by atoms with Gasteiger partial charge in [0.15, 0.2) is 5.78 Å². The summed E-state index contributed by atoms with van der Waals surface area (Å²) in [4.78, 5) is 42.7. The summed E-state index contributed by atoms with van der Waals surface area (Å²) in [7, 11) is 0. The number of amides is 1. The van der Waals surface area contributed by atoms with Gasteiger partial charge in [-0.1, -0.05) is 18.5 Å². The Kier molecular flexibility index (Phi) is 6.47. The molecular weight excluding hydrogens is 466 g/mol. The topological polar surface area (TPSA) is 80.4 Å². The lowest BCUT2D eigenvalue weighted by Crippen LogP contribution is -2.49. The zero-order valence-electron chi connectivity index (χ0n) is 19.6. The molecule has 2 heterocycles. The van der Waals surface area contributed by atoms with Crippen LogP contribution in [0.5, 0.6) is 0 Å². The predicted molar refractivity (Wildman–Crippen MR) is 134 cm³/mol. The van der Waals surface area contributed by atoms with Crippen molar-refractivity contribution in [2.75, 3.05) is 31.1 Å². The van der Waals surface area contributed by atoms with E-state index in [1.807, 2.05) is 36.1 Å². The normalized spacial score (nSPS) is 16.9. The lowest BCUT2D eigenvalue weighted by Gasteiger charge is -2.36. The van der Waals surface area contributed by atoms with Crippen molar-refractivity contribution in [3.05, 3.63) is 75.9 Å². The number of ketones is 1. The highest BCUT2D eigenvalue weighted by Crippen LogP contribution is 2.31. The average Bonchev–Trinajstić information content (AvgIpc) is 3.68. The first kappa shape index (κ1) is 23.4. The first-order valence-corrected chi connectivity index (χ1v) is 12.4. The SMILES string of the molecule is CCC(C(=O)c1ccc(Cl)cc1)n1ncn(-c2ccc(N3CCN(C(=O)C4CC4)CC3)cc2)c1=O. The largest absolute Gasteiger partial charge is 0.368 e. The van der Waals surface area contributed by atoms with Crippen LogP contribution in [-0.2, 0) is 4.79 Å². The second kappa shape index (κ2) is 9.70. The van der Waals surface area contributed by atoms with Gasteiger partial charge in [0.25, 0.3) is 0 Å². The van der Waals surface area contributed by atoms with Crippen molar-refractivity contribution in [1.29, 1.82) is 0 Å². The lowest BCUT2D eigenvalue weighted by atomic mass is 10.0. The van der Waals surface area contributed by atoms with E-state index < -0.39 is 6.04 Å². The second-order valence-corrected chi connectivity index (χ2v) is 9.56. The van der Waals surface area contributed by atoms with Crippen LogP contribution in [0.15, 0.2) is 59.7 Å². The fourth-order valence-corrected chi connectivity index (χ4v) is 4.71. The summed E-state index contributed by atoms with van der Waals surface area (Å²) in [6, 6.07) is 13.7. The van der Waals surface area contributed by atoms with E-state index in [1.54, 1.807) is 24.3 Å². The molecule has 5 rings (SSSR count). The Hall–Kier alpha value is -3.39. The van der Waals surface area contributed by atoms with Gasteiger partial charge in [-0.3, -0.25) is 9.59 Å². The van der Waals surface area contributed by atoms with Crippen molar-refractivity contribution in [3.8, 4) is 5.69 Å². The minimum absolute atomic E-state index is 0.175. The summed E-state index contributed by atoms with van der Waals surface area (Å²) in [5, 5.41) is 4.81. The van der Waals surface area contributed by atoms with Crippen LogP contribution >= 0.6 is 11.6 Å². The average molecular weight is 494 g/mol. The monoisotopic (exact) mass is 493 g/mol. The van der Waals surface area contributed by atoms with Crippen LogP contribution in [0.25, 0.3) is 5.69 Å². The molecule has 35 heavy (non-hydrogen) atoms. The number of benzene rings is 2. The molecule has 2 aromatic carbocycles.